The molecule has 0 aliphatic rings. The highest BCUT2D eigenvalue weighted by molar-refractivity contribution is 5.96. The van der Waals surface area contributed by atoms with Crippen molar-refractivity contribution < 1.29 is 19.4 Å². The zero-order valence-electron chi connectivity index (χ0n) is 13.5. The average molecular weight is 305 g/mol. The fraction of sp³-hybridized carbons (Fsp3) is 0.471. The topological polar surface area (TPSA) is 60.7 Å². The first kappa shape index (κ1) is 16.5. The number of fused-ring (bicyclic) bond motifs is 1. The first-order chi connectivity index (χ1) is 10.5. The van der Waals surface area contributed by atoms with Crippen LogP contribution in [0.15, 0.2) is 18.2 Å². The minimum atomic E-state index is -0.921. The van der Waals surface area contributed by atoms with E-state index >= 15 is 0 Å². The van der Waals surface area contributed by atoms with Gasteiger partial charge < -0.3 is 19.1 Å². The quantitative estimate of drug-likeness (QED) is 0.853. The number of aromatic carboxylic acids is 1. The van der Waals surface area contributed by atoms with Gasteiger partial charge in [0.2, 0.25) is 0 Å². The van der Waals surface area contributed by atoms with Crippen molar-refractivity contribution in [3.63, 3.8) is 0 Å². The summed E-state index contributed by atoms with van der Waals surface area (Å²) < 4.78 is 12.2. The van der Waals surface area contributed by atoms with E-state index in [2.05, 4.69) is 19.9 Å². The van der Waals surface area contributed by atoms with Crippen LogP contribution in [0.4, 0.5) is 0 Å². The van der Waals surface area contributed by atoms with Gasteiger partial charge in [-0.25, -0.2) is 4.79 Å². The summed E-state index contributed by atoms with van der Waals surface area (Å²) in [4.78, 5) is 11.6. The van der Waals surface area contributed by atoms with Crippen molar-refractivity contribution in [2.24, 2.45) is 0 Å². The number of rotatable bonds is 7. The van der Waals surface area contributed by atoms with Crippen LogP contribution in [0.2, 0.25) is 0 Å². The molecular formula is C17H23NO4. The van der Waals surface area contributed by atoms with Gasteiger partial charge in [0.1, 0.15) is 5.69 Å². The van der Waals surface area contributed by atoms with E-state index in [-0.39, 0.29) is 5.92 Å². The fourth-order valence-electron chi connectivity index (χ4n) is 2.79. The van der Waals surface area contributed by atoms with E-state index in [0.717, 1.165) is 22.0 Å². The lowest BCUT2D eigenvalue weighted by Crippen LogP contribution is -2.12. The van der Waals surface area contributed by atoms with Crippen LogP contribution < -0.4 is 0 Å². The summed E-state index contributed by atoms with van der Waals surface area (Å²) in [6.07, 6.45) is 0. The Labute approximate surface area is 130 Å². The maximum Gasteiger partial charge on any atom is 0.352 e. The Bertz CT molecular complexity index is 673. The molecule has 0 fully saturated rings. The molecule has 1 heterocycles. The zero-order valence-corrected chi connectivity index (χ0v) is 13.5. The fourth-order valence-corrected chi connectivity index (χ4v) is 2.79. The van der Waals surface area contributed by atoms with Crippen molar-refractivity contribution in [1.82, 2.24) is 4.57 Å². The van der Waals surface area contributed by atoms with Gasteiger partial charge in [-0.05, 0) is 29.2 Å². The third-order valence-corrected chi connectivity index (χ3v) is 3.75. The number of aromatic nitrogens is 1. The first-order valence-electron chi connectivity index (χ1n) is 7.36. The van der Waals surface area contributed by atoms with Crippen molar-refractivity contribution in [3.8, 4) is 0 Å². The molecule has 120 valence electrons. The third-order valence-electron chi connectivity index (χ3n) is 3.75. The van der Waals surface area contributed by atoms with Crippen LogP contribution in [-0.2, 0) is 22.6 Å². The molecule has 2 rings (SSSR count). The number of ether oxygens (including phenoxy) is 2. The molecule has 0 unspecified atom stereocenters. The summed E-state index contributed by atoms with van der Waals surface area (Å²) in [6.45, 7) is 5.73. The molecule has 2 aromatic rings. The van der Waals surface area contributed by atoms with E-state index in [1.54, 1.807) is 20.3 Å². The third kappa shape index (κ3) is 3.15. The van der Waals surface area contributed by atoms with Crippen LogP contribution >= 0.6 is 0 Å². The Morgan fingerprint density at radius 2 is 1.95 bits per heavy atom. The van der Waals surface area contributed by atoms with E-state index in [4.69, 9.17) is 9.47 Å². The van der Waals surface area contributed by atoms with Gasteiger partial charge in [-0.2, -0.15) is 0 Å². The van der Waals surface area contributed by atoms with E-state index in [1.807, 2.05) is 10.6 Å². The molecule has 5 heteroatoms. The lowest BCUT2D eigenvalue weighted by atomic mass is 9.98. The summed E-state index contributed by atoms with van der Waals surface area (Å²) in [7, 11) is 3.28. The minimum Gasteiger partial charge on any atom is -0.477 e. The predicted octanol–water partition coefficient (Wildman–Crippen LogP) is 3.26. The molecule has 22 heavy (non-hydrogen) atoms. The maximum atomic E-state index is 11.6. The highest BCUT2D eigenvalue weighted by Crippen LogP contribution is 2.30. The molecule has 5 nitrogen and oxygen atoms in total. The summed E-state index contributed by atoms with van der Waals surface area (Å²) >= 11 is 0. The zero-order chi connectivity index (χ0) is 16.3. The second kappa shape index (κ2) is 6.94. The molecule has 0 radical (unpaired) electrons. The molecule has 0 saturated carbocycles. The largest absolute Gasteiger partial charge is 0.477 e. The van der Waals surface area contributed by atoms with Crippen LogP contribution in [0.5, 0.6) is 0 Å². The Hall–Kier alpha value is -1.85. The highest BCUT2D eigenvalue weighted by atomic mass is 16.5. The summed E-state index contributed by atoms with van der Waals surface area (Å²) in [5.41, 5.74) is 3.46. The van der Waals surface area contributed by atoms with Crippen LogP contribution in [0.1, 0.15) is 41.4 Å². The van der Waals surface area contributed by atoms with Crippen LogP contribution in [-0.4, -0.2) is 36.5 Å². The number of carbonyl (C=O) groups is 1. The highest BCUT2D eigenvalue weighted by Gasteiger charge is 2.19. The SMILES string of the molecule is COCCn1c(C(=O)O)cc2cc(COC)cc(C(C)C)c21. The van der Waals surface area contributed by atoms with Gasteiger partial charge in [0.25, 0.3) is 0 Å². The summed E-state index contributed by atoms with van der Waals surface area (Å²) in [5, 5.41) is 10.4. The Morgan fingerprint density at radius 1 is 1.23 bits per heavy atom. The molecule has 1 N–H and O–H groups in total. The summed E-state index contributed by atoms with van der Waals surface area (Å²) in [5.74, 6) is -0.632. The molecule has 0 spiro atoms. The van der Waals surface area contributed by atoms with Crippen LogP contribution in [0.3, 0.4) is 0 Å². The van der Waals surface area contributed by atoms with Crippen molar-refractivity contribution in [2.45, 2.75) is 32.9 Å². The van der Waals surface area contributed by atoms with Gasteiger partial charge in [-0.1, -0.05) is 19.9 Å². The molecule has 0 aliphatic heterocycles. The Balaban J connectivity index is 2.71. The van der Waals surface area contributed by atoms with Crippen molar-refractivity contribution in [3.05, 3.63) is 35.0 Å². The molecule has 0 bridgehead atoms. The number of carboxylic acids is 1. The molecular weight excluding hydrogens is 282 g/mol. The number of hydrogen-bond donors (Lipinski definition) is 1. The van der Waals surface area contributed by atoms with Gasteiger partial charge in [-0.3, -0.25) is 0 Å². The molecule has 1 aromatic carbocycles. The van der Waals surface area contributed by atoms with Crippen molar-refractivity contribution in [2.75, 3.05) is 20.8 Å². The van der Waals surface area contributed by atoms with E-state index in [9.17, 15) is 9.90 Å². The normalized spacial score (nSPS) is 11.5. The molecule has 0 aliphatic carbocycles. The van der Waals surface area contributed by atoms with Gasteiger partial charge in [0, 0.05) is 26.2 Å². The monoisotopic (exact) mass is 305 g/mol. The van der Waals surface area contributed by atoms with Crippen LogP contribution in [0.25, 0.3) is 10.9 Å². The number of carboxylic acid groups (broad SMARTS) is 1. The smallest absolute Gasteiger partial charge is 0.352 e. The average Bonchev–Trinajstić information content (AvgIpc) is 2.83. The van der Waals surface area contributed by atoms with E-state index < -0.39 is 5.97 Å². The Morgan fingerprint density at radius 3 is 2.50 bits per heavy atom. The van der Waals surface area contributed by atoms with Gasteiger partial charge >= 0.3 is 5.97 Å². The number of benzene rings is 1. The number of nitrogens with zero attached hydrogens (tertiary/aromatic N) is 1. The standard InChI is InChI=1S/C17H23NO4/c1-11(2)14-8-12(10-22-4)7-13-9-15(17(19)20)18(16(13)14)5-6-21-3/h7-9,11H,5-6,10H2,1-4H3,(H,19,20). The van der Waals surface area contributed by atoms with Gasteiger partial charge in [-0.15, -0.1) is 0 Å². The number of methoxy groups -OCH3 is 2. The molecule has 0 atom stereocenters. The van der Waals surface area contributed by atoms with Gasteiger partial charge in [0.15, 0.2) is 0 Å². The second-order valence-corrected chi connectivity index (χ2v) is 5.69. The van der Waals surface area contributed by atoms with E-state index in [0.29, 0.717) is 25.5 Å². The molecule has 0 amide bonds. The Kier molecular flexibility index (Phi) is 5.21. The first-order valence-corrected chi connectivity index (χ1v) is 7.36. The maximum absolute atomic E-state index is 11.6. The molecule has 0 saturated heterocycles. The molecule has 1 aromatic heterocycles. The van der Waals surface area contributed by atoms with Crippen molar-refractivity contribution in [1.29, 1.82) is 0 Å². The van der Waals surface area contributed by atoms with E-state index in [1.165, 1.54) is 0 Å². The van der Waals surface area contributed by atoms with Gasteiger partial charge in [0.05, 0.1) is 18.7 Å². The van der Waals surface area contributed by atoms with Crippen LogP contribution in [0, 0.1) is 0 Å². The summed E-state index contributed by atoms with van der Waals surface area (Å²) in [6, 6.07) is 5.84. The lowest BCUT2D eigenvalue weighted by Gasteiger charge is -2.15. The van der Waals surface area contributed by atoms with Crippen molar-refractivity contribution >= 4 is 16.9 Å². The number of hydrogen-bond acceptors (Lipinski definition) is 3. The minimum absolute atomic E-state index is 0.289. The predicted molar refractivity (Wildman–Crippen MR) is 85.6 cm³/mol. The second-order valence-electron chi connectivity index (χ2n) is 5.69. The lowest BCUT2D eigenvalue weighted by molar-refractivity contribution is 0.0683.